The fourth-order valence-electron chi connectivity index (χ4n) is 8.28. The minimum absolute atomic E-state index is 0.646. The van der Waals surface area contributed by atoms with Gasteiger partial charge in [-0.3, -0.25) is 0 Å². The Morgan fingerprint density at radius 1 is 0.269 bits per heavy atom. The van der Waals surface area contributed by atoms with Crippen molar-refractivity contribution in [3.63, 3.8) is 0 Å². The molecule has 1 aliphatic carbocycles. The summed E-state index contributed by atoms with van der Waals surface area (Å²) >= 11 is 0. The molecule has 0 aliphatic heterocycles. The first-order valence-electron chi connectivity index (χ1n) is 17.7. The van der Waals surface area contributed by atoms with Crippen LogP contribution < -0.4 is 0 Å². The molecule has 3 heteroatoms. The van der Waals surface area contributed by atoms with Gasteiger partial charge < -0.3 is 0 Å². The molecule has 1 aliphatic rings. The predicted octanol–water partition coefficient (Wildman–Crippen LogP) is 12.8. The van der Waals surface area contributed by atoms with Crippen molar-refractivity contribution in [3.05, 3.63) is 176 Å². The molecule has 1 heterocycles. The van der Waals surface area contributed by atoms with Gasteiger partial charge in [0.25, 0.3) is 0 Å². The lowest BCUT2D eigenvalue weighted by Gasteiger charge is -2.16. The van der Waals surface area contributed by atoms with Crippen LogP contribution in [0.25, 0.3) is 111 Å². The lowest BCUT2D eigenvalue weighted by Crippen LogP contribution is -2.02. The largest absolute Gasteiger partial charge is 0.208 e. The summed E-state index contributed by atoms with van der Waals surface area (Å²) in [5.41, 5.74) is 10.1. The summed E-state index contributed by atoms with van der Waals surface area (Å²) in [6, 6.07) is 62.7. The maximum Gasteiger partial charge on any atom is 0.165 e. The maximum absolute atomic E-state index is 5.38. The van der Waals surface area contributed by atoms with Gasteiger partial charge in [0.1, 0.15) is 0 Å². The van der Waals surface area contributed by atoms with Crippen molar-refractivity contribution >= 4 is 43.1 Å². The number of benzene rings is 9. The smallest absolute Gasteiger partial charge is 0.165 e. The van der Waals surface area contributed by atoms with Crippen LogP contribution in [0.2, 0.25) is 0 Å². The van der Waals surface area contributed by atoms with Gasteiger partial charge in [-0.25, -0.2) is 15.0 Å². The number of rotatable bonds is 4. The van der Waals surface area contributed by atoms with Crippen molar-refractivity contribution in [1.82, 2.24) is 15.0 Å². The Kier molecular flexibility index (Phi) is 6.25. The minimum Gasteiger partial charge on any atom is -0.208 e. The van der Waals surface area contributed by atoms with Gasteiger partial charge in [0.2, 0.25) is 0 Å². The molecule has 11 rings (SSSR count). The van der Waals surface area contributed by atoms with Gasteiger partial charge in [-0.1, -0.05) is 164 Å². The molecule has 0 unspecified atom stereocenters. The molecule has 0 fully saturated rings. The van der Waals surface area contributed by atoms with Crippen LogP contribution in [-0.2, 0) is 0 Å². The van der Waals surface area contributed by atoms with Crippen LogP contribution in [0.5, 0.6) is 0 Å². The second-order valence-corrected chi connectivity index (χ2v) is 13.5. The molecule has 3 nitrogen and oxygen atoms in total. The van der Waals surface area contributed by atoms with Crippen LogP contribution in [0.3, 0.4) is 0 Å². The molecule has 0 radical (unpaired) electrons. The zero-order chi connectivity index (χ0) is 34.2. The normalized spacial score (nSPS) is 11.8. The van der Waals surface area contributed by atoms with Crippen molar-refractivity contribution in [3.8, 4) is 67.5 Å². The second kappa shape index (κ2) is 11.3. The molecule has 52 heavy (non-hydrogen) atoms. The molecule has 0 saturated heterocycles. The zero-order valence-corrected chi connectivity index (χ0v) is 28.1. The molecule has 240 valence electrons. The van der Waals surface area contributed by atoms with Gasteiger partial charge in [-0.2, -0.15) is 0 Å². The lowest BCUT2D eigenvalue weighted by molar-refractivity contribution is 1.08. The summed E-state index contributed by atoms with van der Waals surface area (Å²) in [5, 5.41) is 9.54. The van der Waals surface area contributed by atoms with E-state index in [-0.39, 0.29) is 0 Å². The van der Waals surface area contributed by atoms with E-state index in [0.717, 1.165) is 44.0 Å². The fourth-order valence-corrected chi connectivity index (χ4v) is 8.28. The molecule has 9 aromatic carbocycles. The van der Waals surface area contributed by atoms with Gasteiger partial charge in [0, 0.05) is 16.7 Å². The van der Waals surface area contributed by atoms with Gasteiger partial charge in [-0.15, -0.1) is 0 Å². The average Bonchev–Trinajstić information content (AvgIpc) is 3.54. The standard InChI is InChI=1S/C49H29N3/c1-2-12-30(13-3-1)35-18-8-9-21-42(35)48-50-47(34-25-26-38-39-22-10-16-32-17-11-23-40(45(32)39)44(38)29-34)51-49(52-48)46-37-20-7-5-15-33(37)28-43-36-19-6-4-14-31(36)24-27-41(43)46/h1-29H. The zero-order valence-electron chi connectivity index (χ0n) is 28.1. The van der Waals surface area contributed by atoms with E-state index in [4.69, 9.17) is 15.0 Å². The molecule has 0 atom stereocenters. The Labute approximate surface area is 300 Å². The highest BCUT2D eigenvalue weighted by Crippen LogP contribution is 2.48. The van der Waals surface area contributed by atoms with Crippen LogP contribution in [0, 0.1) is 0 Å². The first-order chi connectivity index (χ1) is 25.8. The van der Waals surface area contributed by atoms with Crippen molar-refractivity contribution in [1.29, 1.82) is 0 Å². The number of aromatic nitrogens is 3. The third-order valence-corrected chi connectivity index (χ3v) is 10.6. The Morgan fingerprint density at radius 2 is 0.904 bits per heavy atom. The van der Waals surface area contributed by atoms with E-state index in [2.05, 4.69) is 170 Å². The third-order valence-electron chi connectivity index (χ3n) is 10.6. The number of hydrogen-bond donors (Lipinski definition) is 0. The maximum atomic E-state index is 5.38. The predicted molar refractivity (Wildman–Crippen MR) is 216 cm³/mol. The minimum atomic E-state index is 0.646. The van der Waals surface area contributed by atoms with Crippen LogP contribution in [-0.4, -0.2) is 15.0 Å². The molecule has 10 aromatic rings. The van der Waals surface area contributed by atoms with Gasteiger partial charge in [-0.05, 0) is 88.6 Å². The van der Waals surface area contributed by atoms with E-state index >= 15 is 0 Å². The molecular weight excluding hydrogens is 631 g/mol. The van der Waals surface area contributed by atoms with E-state index in [1.165, 1.54) is 49.2 Å². The Balaban J connectivity index is 1.21. The highest BCUT2D eigenvalue weighted by atomic mass is 15.0. The van der Waals surface area contributed by atoms with Gasteiger partial charge in [0.05, 0.1) is 0 Å². The molecule has 1 aromatic heterocycles. The number of hydrogen-bond acceptors (Lipinski definition) is 3. The number of fused-ring (bicyclic) bond motifs is 7. The monoisotopic (exact) mass is 659 g/mol. The quantitative estimate of drug-likeness (QED) is 0.139. The van der Waals surface area contributed by atoms with Crippen molar-refractivity contribution in [2.24, 2.45) is 0 Å². The summed E-state index contributed by atoms with van der Waals surface area (Å²) in [6.45, 7) is 0. The second-order valence-electron chi connectivity index (χ2n) is 13.5. The first-order valence-corrected chi connectivity index (χ1v) is 17.7. The topological polar surface area (TPSA) is 38.7 Å². The highest BCUT2D eigenvalue weighted by molar-refractivity contribution is 6.20. The molecular formula is C49H29N3. The molecule has 0 N–H and O–H groups in total. The third kappa shape index (κ3) is 4.36. The lowest BCUT2D eigenvalue weighted by atomic mass is 9.93. The average molecular weight is 660 g/mol. The summed E-state index contributed by atoms with van der Waals surface area (Å²) in [4.78, 5) is 16.1. The molecule has 0 bridgehead atoms. The van der Waals surface area contributed by atoms with E-state index in [9.17, 15) is 0 Å². The Hall–Kier alpha value is -6.97. The van der Waals surface area contributed by atoms with Crippen molar-refractivity contribution < 1.29 is 0 Å². The molecule has 0 spiro atoms. The van der Waals surface area contributed by atoms with Crippen LogP contribution >= 0.6 is 0 Å². The van der Waals surface area contributed by atoms with E-state index in [1.54, 1.807) is 0 Å². The van der Waals surface area contributed by atoms with Gasteiger partial charge >= 0.3 is 0 Å². The van der Waals surface area contributed by atoms with Gasteiger partial charge in [0.15, 0.2) is 17.5 Å². The summed E-state index contributed by atoms with van der Waals surface area (Å²) in [7, 11) is 0. The Morgan fingerprint density at radius 3 is 1.75 bits per heavy atom. The Bertz CT molecular complexity index is 3070. The van der Waals surface area contributed by atoms with E-state index in [0.29, 0.717) is 17.5 Å². The van der Waals surface area contributed by atoms with E-state index in [1.807, 2.05) is 6.07 Å². The van der Waals surface area contributed by atoms with Crippen LogP contribution in [0.4, 0.5) is 0 Å². The van der Waals surface area contributed by atoms with Crippen LogP contribution in [0.15, 0.2) is 176 Å². The van der Waals surface area contributed by atoms with E-state index < -0.39 is 0 Å². The summed E-state index contributed by atoms with van der Waals surface area (Å²) < 4.78 is 0. The molecule has 0 amide bonds. The first kappa shape index (κ1) is 28.8. The SMILES string of the molecule is c1ccc(-c2ccccc2-c2nc(-c3ccc4c(c3)-c3cccc5cccc-4c35)nc(-c3c4ccccc4cc4c3ccc3ccccc34)n2)cc1. The highest BCUT2D eigenvalue weighted by Gasteiger charge is 2.24. The molecule has 0 saturated carbocycles. The van der Waals surface area contributed by atoms with Crippen LogP contribution in [0.1, 0.15) is 0 Å². The van der Waals surface area contributed by atoms with Crippen molar-refractivity contribution in [2.45, 2.75) is 0 Å². The fraction of sp³-hybridized carbons (Fsp3) is 0. The number of nitrogens with zero attached hydrogens (tertiary/aromatic N) is 3. The summed E-state index contributed by atoms with van der Waals surface area (Å²) in [5.74, 6) is 1.95. The van der Waals surface area contributed by atoms with Crippen molar-refractivity contribution in [2.75, 3.05) is 0 Å². The summed E-state index contributed by atoms with van der Waals surface area (Å²) in [6.07, 6.45) is 0.